The van der Waals surface area contributed by atoms with Gasteiger partial charge in [0.1, 0.15) is 29.2 Å². The standard InChI is InChI=1S/C18H21FN2O4/c1-9-17(25-11-7-14(20-8-11)18(23)24-3)15(10(2)22)12-5-4-6-13(19)16(12)21-9/h4-6,10-11,14,20,22H,7-8H2,1-3H3. The van der Waals surface area contributed by atoms with Crippen molar-refractivity contribution in [1.29, 1.82) is 0 Å². The van der Waals surface area contributed by atoms with Crippen LogP contribution in [0.1, 0.15) is 30.7 Å². The number of aliphatic hydroxyl groups is 1. The summed E-state index contributed by atoms with van der Waals surface area (Å²) in [6, 6.07) is 4.21. The summed E-state index contributed by atoms with van der Waals surface area (Å²) in [5, 5.41) is 13.8. The van der Waals surface area contributed by atoms with Crippen LogP contribution in [0.2, 0.25) is 0 Å². The number of halogens is 1. The number of benzene rings is 1. The lowest BCUT2D eigenvalue weighted by Crippen LogP contribution is -2.31. The van der Waals surface area contributed by atoms with Gasteiger partial charge in [0.05, 0.1) is 18.9 Å². The third-order valence-electron chi connectivity index (χ3n) is 4.41. The van der Waals surface area contributed by atoms with Gasteiger partial charge in [-0.3, -0.25) is 4.79 Å². The minimum Gasteiger partial charge on any atom is -0.487 e. The number of carbonyl (C=O) groups excluding carboxylic acids is 1. The Morgan fingerprint density at radius 1 is 1.48 bits per heavy atom. The van der Waals surface area contributed by atoms with Crippen LogP contribution in [-0.4, -0.2) is 41.9 Å². The van der Waals surface area contributed by atoms with Gasteiger partial charge in [-0.2, -0.15) is 0 Å². The number of pyridine rings is 1. The van der Waals surface area contributed by atoms with Crippen molar-refractivity contribution in [1.82, 2.24) is 10.3 Å². The van der Waals surface area contributed by atoms with Gasteiger partial charge in [-0.1, -0.05) is 12.1 Å². The summed E-state index contributed by atoms with van der Waals surface area (Å²) in [4.78, 5) is 15.9. The largest absolute Gasteiger partial charge is 0.487 e. The van der Waals surface area contributed by atoms with Crippen LogP contribution in [0.25, 0.3) is 10.9 Å². The van der Waals surface area contributed by atoms with Gasteiger partial charge in [0.25, 0.3) is 0 Å². The van der Waals surface area contributed by atoms with E-state index in [0.29, 0.717) is 35.4 Å². The van der Waals surface area contributed by atoms with Crippen molar-refractivity contribution < 1.29 is 23.8 Å². The van der Waals surface area contributed by atoms with Crippen LogP contribution in [0.5, 0.6) is 5.75 Å². The summed E-state index contributed by atoms with van der Waals surface area (Å²) < 4.78 is 24.9. The first kappa shape index (κ1) is 17.6. The van der Waals surface area contributed by atoms with Gasteiger partial charge in [0.2, 0.25) is 0 Å². The highest BCUT2D eigenvalue weighted by Gasteiger charge is 2.32. The molecule has 0 spiro atoms. The first-order chi connectivity index (χ1) is 11.9. The Hall–Kier alpha value is -2.25. The Kier molecular flexibility index (Phi) is 4.87. The van der Waals surface area contributed by atoms with Gasteiger partial charge in [0.15, 0.2) is 0 Å². The van der Waals surface area contributed by atoms with Crippen molar-refractivity contribution >= 4 is 16.9 Å². The number of aryl methyl sites for hydroxylation is 1. The average Bonchev–Trinajstić information content (AvgIpc) is 3.04. The molecule has 2 heterocycles. The molecule has 2 N–H and O–H groups in total. The van der Waals surface area contributed by atoms with Crippen molar-refractivity contribution in [2.24, 2.45) is 0 Å². The molecule has 0 radical (unpaired) electrons. The second-order valence-corrected chi connectivity index (χ2v) is 6.21. The number of nitrogens with one attached hydrogen (secondary N) is 1. The van der Waals surface area contributed by atoms with Crippen LogP contribution >= 0.6 is 0 Å². The van der Waals surface area contributed by atoms with E-state index in [-0.39, 0.29) is 17.6 Å². The first-order valence-electron chi connectivity index (χ1n) is 8.17. The Bertz CT molecular complexity index is 809. The highest BCUT2D eigenvalue weighted by atomic mass is 19.1. The summed E-state index contributed by atoms with van der Waals surface area (Å²) in [5.74, 6) is -0.343. The zero-order valence-electron chi connectivity index (χ0n) is 14.4. The van der Waals surface area contributed by atoms with Gasteiger partial charge in [-0.05, 0) is 19.9 Å². The highest BCUT2D eigenvalue weighted by Crippen LogP contribution is 2.36. The van der Waals surface area contributed by atoms with E-state index in [9.17, 15) is 14.3 Å². The van der Waals surface area contributed by atoms with Crippen LogP contribution in [0.15, 0.2) is 18.2 Å². The molecule has 1 aliphatic heterocycles. The molecule has 1 aliphatic rings. The second-order valence-electron chi connectivity index (χ2n) is 6.21. The lowest BCUT2D eigenvalue weighted by molar-refractivity contribution is -0.142. The molecule has 7 heteroatoms. The van der Waals surface area contributed by atoms with Crippen molar-refractivity contribution in [3.63, 3.8) is 0 Å². The van der Waals surface area contributed by atoms with Crippen LogP contribution in [-0.2, 0) is 9.53 Å². The predicted molar refractivity (Wildman–Crippen MR) is 89.9 cm³/mol. The smallest absolute Gasteiger partial charge is 0.323 e. The van der Waals surface area contributed by atoms with Crippen molar-refractivity contribution in [3.05, 3.63) is 35.3 Å². The maximum absolute atomic E-state index is 14.1. The van der Waals surface area contributed by atoms with Gasteiger partial charge in [-0.25, -0.2) is 9.37 Å². The Labute approximate surface area is 145 Å². The molecule has 1 aromatic heterocycles. The van der Waals surface area contributed by atoms with Gasteiger partial charge >= 0.3 is 5.97 Å². The van der Waals surface area contributed by atoms with Crippen LogP contribution in [0.4, 0.5) is 4.39 Å². The first-order valence-corrected chi connectivity index (χ1v) is 8.17. The SMILES string of the molecule is COC(=O)C1CC(Oc2c(C)nc3c(F)cccc3c2C(C)O)CN1. The number of para-hydroxylation sites is 1. The number of aromatic nitrogens is 1. The van der Waals surface area contributed by atoms with Crippen molar-refractivity contribution in [2.75, 3.05) is 13.7 Å². The molecule has 0 amide bonds. The number of hydrogen-bond acceptors (Lipinski definition) is 6. The zero-order chi connectivity index (χ0) is 18.1. The number of fused-ring (bicyclic) bond motifs is 1. The normalized spacial score (nSPS) is 21.3. The van der Waals surface area contributed by atoms with E-state index in [2.05, 4.69) is 10.3 Å². The topological polar surface area (TPSA) is 80.7 Å². The maximum atomic E-state index is 14.1. The average molecular weight is 348 g/mol. The predicted octanol–water partition coefficient (Wildman–Crippen LogP) is 2.02. The summed E-state index contributed by atoms with van der Waals surface area (Å²) >= 11 is 0. The van der Waals surface area contributed by atoms with E-state index in [1.807, 2.05) is 0 Å². The molecule has 0 bridgehead atoms. The molecule has 1 fully saturated rings. The molecule has 1 saturated heterocycles. The minimum atomic E-state index is -0.855. The van der Waals surface area contributed by atoms with Gasteiger partial charge < -0.3 is 19.9 Å². The van der Waals surface area contributed by atoms with Crippen LogP contribution in [0, 0.1) is 12.7 Å². The third-order valence-corrected chi connectivity index (χ3v) is 4.41. The second kappa shape index (κ2) is 6.93. The van der Waals surface area contributed by atoms with Crippen LogP contribution in [0.3, 0.4) is 0 Å². The molecule has 25 heavy (non-hydrogen) atoms. The number of esters is 1. The summed E-state index contributed by atoms with van der Waals surface area (Å²) in [6.45, 7) is 3.79. The molecule has 3 rings (SSSR count). The molecule has 3 unspecified atom stereocenters. The maximum Gasteiger partial charge on any atom is 0.323 e. The Balaban J connectivity index is 1.98. The minimum absolute atomic E-state index is 0.209. The number of carbonyl (C=O) groups is 1. The molecule has 134 valence electrons. The number of rotatable bonds is 4. The molecular formula is C18H21FN2O4. The molecule has 0 aliphatic carbocycles. The Morgan fingerprint density at radius 3 is 2.92 bits per heavy atom. The van der Waals surface area contributed by atoms with Crippen molar-refractivity contribution in [3.8, 4) is 5.75 Å². The molecule has 6 nitrogen and oxygen atoms in total. The fourth-order valence-electron chi connectivity index (χ4n) is 3.23. The highest BCUT2D eigenvalue weighted by molar-refractivity contribution is 5.85. The fourth-order valence-corrected chi connectivity index (χ4v) is 3.23. The zero-order valence-corrected chi connectivity index (χ0v) is 14.4. The number of ether oxygens (including phenoxy) is 2. The molecule has 2 aromatic rings. The summed E-state index contributed by atoms with van der Waals surface area (Å²) in [5.41, 5.74) is 1.21. The fraction of sp³-hybridized carbons (Fsp3) is 0.444. The number of aliphatic hydroxyl groups excluding tert-OH is 1. The summed E-state index contributed by atoms with van der Waals surface area (Å²) in [7, 11) is 1.34. The lowest BCUT2D eigenvalue weighted by Gasteiger charge is -2.21. The van der Waals surface area contributed by atoms with E-state index in [0.717, 1.165) is 0 Å². The lowest BCUT2D eigenvalue weighted by atomic mass is 10.0. The Morgan fingerprint density at radius 2 is 2.24 bits per heavy atom. The van der Waals surface area contributed by atoms with Gasteiger partial charge in [0, 0.05) is 23.9 Å². The quantitative estimate of drug-likeness (QED) is 0.823. The van der Waals surface area contributed by atoms with Crippen LogP contribution < -0.4 is 10.1 Å². The van der Waals surface area contributed by atoms with E-state index in [1.54, 1.807) is 26.0 Å². The van der Waals surface area contributed by atoms with Crippen molar-refractivity contribution in [2.45, 2.75) is 38.5 Å². The van der Waals surface area contributed by atoms with E-state index >= 15 is 0 Å². The monoisotopic (exact) mass is 348 g/mol. The van der Waals surface area contributed by atoms with E-state index in [4.69, 9.17) is 9.47 Å². The molecular weight excluding hydrogens is 327 g/mol. The van der Waals surface area contributed by atoms with E-state index < -0.39 is 18.0 Å². The molecule has 3 atom stereocenters. The number of hydrogen-bond donors (Lipinski definition) is 2. The third kappa shape index (κ3) is 3.29. The number of nitrogens with zero attached hydrogens (tertiary/aromatic N) is 1. The molecule has 0 saturated carbocycles. The van der Waals surface area contributed by atoms with Gasteiger partial charge in [-0.15, -0.1) is 0 Å². The van der Waals surface area contributed by atoms with E-state index in [1.165, 1.54) is 13.2 Å². The summed E-state index contributed by atoms with van der Waals surface area (Å²) in [6.07, 6.45) is -0.674. The molecule has 1 aromatic carbocycles. The number of methoxy groups -OCH3 is 1.